The molecule has 5 heteroatoms. The summed E-state index contributed by atoms with van der Waals surface area (Å²) in [7, 11) is 0. The minimum absolute atomic E-state index is 0.376. The van der Waals surface area contributed by atoms with Gasteiger partial charge in [0.15, 0.2) is 0 Å². The van der Waals surface area contributed by atoms with Crippen LogP contribution in [0.3, 0.4) is 0 Å². The lowest BCUT2D eigenvalue weighted by Gasteiger charge is -2.12. The summed E-state index contributed by atoms with van der Waals surface area (Å²) in [6.07, 6.45) is 6.32. The van der Waals surface area contributed by atoms with Gasteiger partial charge in [-0.3, -0.25) is 9.98 Å². The highest BCUT2D eigenvalue weighted by molar-refractivity contribution is 6.30. The summed E-state index contributed by atoms with van der Waals surface area (Å²) in [5.74, 6) is -0.376. The summed E-state index contributed by atoms with van der Waals surface area (Å²) in [6.45, 7) is 5.45. The van der Waals surface area contributed by atoms with Crippen molar-refractivity contribution in [3.63, 3.8) is 0 Å². The molecule has 0 aliphatic heterocycles. The van der Waals surface area contributed by atoms with Crippen molar-refractivity contribution in [3.05, 3.63) is 77.1 Å². The number of aliphatic imine (C=N–C) groups is 1. The Morgan fingerprint density at radius 3 is 2.62 bits per heavy atom. The third kappa shape index (κ3) is 3.14. The van der Waals surface area contributed by atoms with E-state index in [-0.39, 0.29) is 5.82 Å². The minimum atomic E-state index is -0.376. The van der Waals surface area contributed by atoms with Crippen LogP contribution in [0, 0.1) is 12.7 Å². The molecular weight excluding hydrogens is 325 g/mol. The molecule has 0 radical (unpaired) electrons. The SMILES string of the molecule is C=N/C=C\c1cc(-c2cncc(F)c2)n(-c2ccc(Cl)cc2)c1C. The molecule has 3 aromatic rings. The molecule has 0 spiro atoms. The summed E-state index contributed by atoms with van der Waals surface area (Å²) in [6, 6.07) is 10.9. The first kappa shape index (κ1) is 16.1. The highest BCUT2D eigenvalue weighted by atomic mass is 35.5. The first-order chi connectivity index (χ1) is 11.6. The van der Waals surface area contributed by atoms with E-state index in [4.69, 9.17) is 11.6 Å². The van der Waals surface area contributed by atoms with E-state index in [1.54, 1.807) is 12.4 Å². The Balaban J connectivity index is 2.24. The van der Waals surface area contributed by atoms with Crippen molar-refractivity contribution >= 4 is 24.4 Å². The van der Waals surface area contributed by atoms with E-state index in [0.717, 1.165) is 22.6 Å². The molecule has 3 nitrogen and oxygen atoms in total. The van der Waals surface area contributed by atoms with Crippen LogP contribution in [-0.4, -0.2) is 16.3 Å². The molecule has 0 aliphatic rings. The van der Waals surface area contributed by atoms with Crippen LogP contribution >= 0.6 is 11.6 Å². The van der Waals surface area contributed by atoms with Gasteiger partial charge in [0.05, 0.1) is 11.9 Å². The second kappa shape index (κ2) is 6.81. The topological polar surface area (TPSA) is 30.2 Å². The highest BCUT2D eigenvalue weighted by Gasteiger charge is 2.14. The van der Waals surface area contributed by atoms with E-state index in [1.807, 2.05) is 47.9 Å². The molecule has 0 aliphatic carbocycles. The van der Waals surface area contributed by atoms with Crippen LogP contribution in [0.1, 0.15) is 11.3 Å². The molecule has 0 saturated heterocycles. The zero-order valence-corrected chi connectivity index (χ0v) is 13.8. The number of hydrogen-bond acceptors (Lipinski definition) is 2. The van der Waals surface area contributed by atoms with Gasteiger partial charge in [0, 0.05) is 34.4 Å². The van der Waals surface area contributed by atoms with Crippen molar-refractivity contribution < 1.29 is 4.39 Å². The van der Waals surface area contributed by atoms with E-state index in [1.165, 1.54) is 12.3 Å². The van der Waals surface area contributed by atoms with Crippen molar-refractivity contribution in [3.8, 4) is 16.9 Å². The predicted octanol–water partition coefficient (Wildman–Crippen LogP) is 5.31. The van der Waals surface area contributed by atoms with Crippen LogP contribution in [0.15, 0.2) is 60.0 Å². The second-order valence-corrected chi connectivity index (χ2v) is 5.71. The Morgan fingerprint density at radius 2 is 1.96 bits per heavy atom. The third-order valence-corrected chi connectivity index (χ3v) is 3.98. The number of pyridine rings is 1. The van der Waals surface area contributed by atoms with Crippen LogP contribution in [0.5, 0.6) is 0 Å². The average Bonchev–Trinajstić information content (AvgIpc) is 2.90. The molecular formula is C19H15ClFN3. The fraction of sp³-hybridized carbons (Fsp3) is 0.0526. The van der Waals surface area contributed by atoms with Crippen LogP contribution in [-0.2, 0) is 0 Å². The zero-order valence-electron chi connectivity index (χ0n) is 13.1. The highest BCUT2D eigenvalue weighted by Crippen LogP contribution is 2.30. The summed E-state index contributed by atoms with van der Waals surface area (Å²) in [5.41, 5.74) is 4.43. The van der Waals surface area contributed by atoms with Crippen molar-refractivity contribution in [1.29, 1.82) is 0 Å². The predicted molar refractivity (Wildman–Crippen MR) is 97.3 cm³/mol. The fourth-order valence-electron chi connectivity index (χ4n) is 2.62. The lowest BCUT2D eigenvalue weighted by Crippen LogP contribution is -1.99. The zero-order chi connectivity index (χ0) is 17.1. The Kier molecular flexibility index (Phi) is 4.58. The standard InChI is InChI=1S/C19H15ClFN3/c1-13-14(7-8-22-2)10-19(15-9-17(21)12-23-11-15)24(13)18-5-3-16(20)4-6-18/h3-12H,2H2,1H3/b8-7-. The normalized spacial score (nSPS) is 11.1. The van der Waals surface area contributed by atoms with Crippen LogP contribution in [0.4, 0.5) is 4.39 Å². The Morgan fingerprint density at radius 1 is 1.21 bits per heavy atom. The molecule has 0 saturated carbocycles. The van der Waals surface area contributed by atoms with Gasteiger partial charge < -0.3 is 4.57 Å². The second-order valence-electron chi connectivity index (χ2n) is 5.27. The molecule has 2 heterocycles. The number of rotatable bonds is 4. The smallest absolute Gasteiger partial charge is 0.142 e. The van der Waals surface area contributed by atoms with Gasteiger partial charge >= 0.3 is 0 Å². The van der Waals surface area contributed by atoms with Crippen molar-refractivity contribution in [2.75, 3.05) is 0 Å². The van der Waals surface area contributed by atoms with Gasteiger partial charge in [0.2, 0.25) is 0 Å². The van der Waals surface area contributed by atoms with Crippen molar-refractivity contribution in [2.45, 2.75) is 6.92 Å². The maximum absolute atomic E-state index is 13.6. The minimum Gasteiger partial charge on any atom is -0.313 e. The molecule has 0 amide bonds. The van der Waals surface area contributed by atoms with Gasteiger partial charge in [-0.25, -0.2) is 4.39 Å². The van der Waals surface area contributed by atoms with E-state index in [2.05, 4.69) is 16.7 Å². The molecule has 120 valence electrons. The molecule has 0 N–H and O–H groups in total. The van der Waals surface area contributed by atoms with E-state index in [0.29, 0.717) is 10.6 Å². The van der Waals surface area contributed by atoms with Crippen LogP contribution < -0.4 is 0 Å². The maximum atomic E-state index is 13.6. The molecule has 0 bridgehead atoms. The Bertz CT molecular complexity index is 911. The lowest BCUT2D eigenvalue weighted by atomic mass is 10.2. The molecule has 0 fully saturated rings. The van der Waals surface area contributed by atoms with Gasteiger partial charge in [-0.1, -0.05) is 11.6 Å². The number of halogens is 2. The monoisotopic (exact) mass is 339 g/mol. The molecule has 3 rings (SSSR count). The van der Waals surface area contributed by atoms with Crippen LogP contribution in [0.2, 0.25) is 5.02 Å². The first-order valence-electron chi connectivity index (χ1n) is 7.32. The molecule has 1 aromatic carbocycles. The van der Waals surface area contributed by atoms with Gasteiger partial charge in [0.25, 0.3) is 0 Å². The Labute approximate surface area is 144 Å². The maximum Gasteiger partial charge on any atom is 0.142 e. The quantitative estimate of drug-likeness (QED) is 0.592. The van der Waals surface area contributed by atoms with Gasteiger partial charge in [-0.15, -0.1) is 0 Å². The largest absolute Gasteiger partial charge is 0.313 e. The summed E-state index contributed by atoms with van der Waals surface area (Å²) in [4.78, 5) is 7.71. The third-order valence-electron chi connectivity index (χ3n) is 3.73. The summed E-state index contributed by atoms with van der Waals surface area (Å²) < 4.78 is 15.7. The molecule has 0 atom stereocenters. The number of nitrogens with zero attached hydrogens (tertiary/aromatic N) is 3. The van der Waals surface area contributed by atoms with Gasteiger partial charge in [-0.05, 0) is 61.7 Å². The van der Waals surface area contributed by atoms with Crippen LogP contribution in [0.25, 0.3) is 23.0 Å². The van der Waals surface area contributed by atoms with E-state index < -0.39 is 0 Å². The lowest BCUT2D eigenvalue weighted by molar-refractivity contribution is 0.622. The Hall–Kier alpha value is -2.72. The molecule has 0 unspecified atom stereocenters. The van der Waals surface area contributed by atoms with Gasteiger partial charge in [0.1, 0.15) is 5.82 Å². The summed E-state index contributed by atoms with van der Waals surface area (Å²) in [5, 5.41) is 0.661. The molecule has 2 aromatic heterocycles. The first-order valence-corrected chi connectivity index (χ1v) is 7.69. The number of hydrogen-bond donors (Lipinski definition) is 0. The number of aromatic nitrogens is 2. The number of benzene rings is 1. The van der Waals surface area contributed by atoms with Gasteiger partial charge in [-0.2, -0.15) is 0 Å². The summed E-state index contributed by atoms with van der Waals surface area (Å²) >= 11 is 5.99. The molecule has 24 heavy (non-hydrogen) atoms. The van der Waals surface area contributed by atoms with Crippen molar-refractivity contribution in [1.82, 2.24) is 9.55 Å². The fourth-order valence-corrected chi connectivity index (χ4v) is 2.74. The van der Waals surface area contributed by atoms with Crippen molar-refractivity contribution in [2.24, 2.45) is 4.99 Å². The van der Waals surface area contributed by atoms with E-state index >= 15 is 0 Å². The average molecular weight is 340 g/mol. The van der Waals surface area contributed by atoms with E-state index in [9.17, 15) is 4.39 Å².